The Bertz CT molecular complexity index is 998. The average molecular weight is 397 g/mol. The lowest BCUT2D eigenvalue weighted by Crippen LogP contribution is -2.40. The number of nitrogens with zero attached hydrogens (tertiary/aromatic N) is 1. The largest absolute Gasteiger partial charge is 0.379 e. The van der Waals surface area contributed by atoms with Crippen molar-refractivity contribution in [3.63, 3.8) is 0 Å². The summed E-state index contributed by atoms with van der Waals surface area (Å²) in [6.07, 6.45) is 5.47. The summed E-state index contributed by atoms with van der Waals surface area (Å²) in [5, 5.41) is 3.67. The van der Waals surface area contributed by atoms with Gasteiger partial charge in [-0.15, -0.1) is 0 Å². The number of sulfonamides is 1. The fourth-order valence-corrected chi connectivity index (χ4v) is 6.10. The van der Waals surface area contributed by atoms with Gasteiger partial charge in [0.05, 0.1) is 24.2 Å². The summed E-state index contributed by atoms with van der Waals surface area (Å²) in [5.74, 6) is 0.637. The zero-order valence-corrected chi connectivity index (χ0v) is 16.4. The third-order valence-electron chi connectivity index (χ3n) is 6.10. The molecule has 146 valence electrons. The standard InChI is InChI=1S/C22H24N2O3S/c25-28(26,24-11-13-27-14-12-24)17-9-10-21-20(15-17)18-7-4-8-19(18)22(23-21)16-5-2-1-3-6-16/h1-7,9-10,15,18-19,22-23H,8,11-14H2. The second-order valence-electron chi connectivity index (χ2n) is 7.65. The zero-order valence-electron chi connectivity index (χ0n) is 15.6. The maximum Gasteiger partial charge on any atom is 0.243 e. The van der Waals surface area contributed by atoms with Gasteiger partial charge in [-0.1, -0.05) is 42.5 Å². The van der Waals surface area contributed by atoms with Crippen molar-refractivity contribution in [2.75, 3.05) is 31.6 Å². The zero-order chi connectivity index (χ0) is 19.1. The lowest BCUT2D eigenvalue weighted by atomic mass is 9.77. The molecule has 3 unspecified atom stereocenters. The molecular weight excluding hydrogens is 372 g/mol. The molecule has 1 N–H and O–H groups in total. The lowest BCUT2D eigenvalue weighted by Gasteiger charge is -2.38. The van der Waals surface area contributed by atoms with Gasteiger partial charge in [-0.05, 0) is 41.7 Å². The van der Waals surface area contributed by atoms with Crippen LogP contribution in [0, 0.1) is 5.92 Å². The average Bonchev–Trinajstić information content (AvgIpc) is 3.24. The van der Waals surface area contributed by atoms with Crippen LogP contribution in [0.25, 0.3) is 0 Å². The minimum absolute atomic E-state index is 0.232. The van der Waals surface area contributed by atoms with E-state index in [4.69, 9.17) is 4.74 Å². The molecule has 2 aliphatic heterocycles. The highest BCUT2D eigenvalue weighted by atomic mass is 32.2. The lowest BCUT2D eigenvalue weighted by molar-refractivity contribution is 0.0730. The number of nitrogens with one attached hydrogen (secondary N) is 1. The molecule has 1 fully saturated rings. The Hall–Kier alpha value is -2.15. The topological polar surface area (TPSA) is 58.6 Å². The van der Waals surface area contributed by atoms with Crippen molar-refractivity contribution < 1.29 is 13.2 Å². The third kappa shape index (κ3) is 2.96. The third-order valence-corrected chi connectivity index (χ3v) is 8.00. The quantitative estimate of drug-likeness (QED) is 0.807. The van der Waals surface area contributed by atoms with E-state index in [-0.39, 0.29) is 12.0 Å². The van der Waals surface area contributed by atoms with E-state index in [1.54, 1.807) is 6.07 Å². The van der Waals surface area contributed by atoms with Crippen molar-refractivity contribution in [3.05, 3.63) is 71.8 Å². The van der Waals surface area contributed by atoms with E-state index in [9.17, 15) is 8.42 Å². The summed E-state index contributed by atoms with van der Waals surface area (Å²) in [7, 11) is -3.49. The summed E-state index contributed by atoms with van der Waals surface area (Å²) in [5.41, 5.74) is 3.39. The van der Waals surface area contributed by atoms with E-state index < -0.39 is 10.0 Å². The second-order valence-corrected chi connectivity index (χ2v) is 9.59. The van der Waals surface area contributed by atoms with Crippen LogP contribution in [-0.4, -0.2) is 39.0 Å². The molecule has 2 heterocycles. The van der Waals surface area contributed by atoms with Crippen LogP contribution in [0.2, 0.25) is 0 Å². The molecule has 0 aromatic heterocycles. The van der Waals surface area contributed by atoms with E-state index >= 15 is 0 Å². The number of hydrogen-bond donors (Lipinski definition) is 1. The Balaban J connectivity index is 1.52. The molecule has 28 heavy (non-hydrogen) atoms. The molecule has 3 atom stereocenters. The second kappa shape index (κ2) is 7.03. The minimum Gasteiger partial charge on any atom is -0.379 e. The number of rotatable bonds is 3. The smallest absolute Gasteiger partial charge is 0.243 e. The van der Waals surface area contributed by atoms with Crippen molar-refractivity contribution in [2.24, 2.45) is 5.92 Å². The predicted molar refractivity (Wildman–Crippen MR) is 109 cm³/mol. The molecule has 2 aromatic rings. The molecule has 2 aromatic carbocycles. The molecule has 0 spiro atoms. The van der Waals surface area contributed by atoms with Gasteiger partial charge < -0.3 is 10.1 Å². The highest BCUT2D eigenvalue weighted by molar-refractivity contribution is 7.89. The van der Waals surface area contributed by atoms with Crippen LogP contribution < -0.4 is 5.32 Å². The van der Waals surface area contributed by atoms with E-state index in [0.717, 1.165) is 17.7 Å². The van der Waals surface area contributed by atoms with Crippen molar-refractivity contribution in [2.45, 2.75) is 23.3 Å². The summed E-state index contributed by atoms with van der Waals surface area (Å²) in [6.45, 7) is 1.75. The Kier molecular flexibility index (Phi) is 4.50. The number of ether oxygens (including phenoxy) is 1. The number of fused-ring (bicyclic) bond motifs is 3. The molecule has 1 saturated heterocycles. The van der Waals surface area contributed by atoms with Gasteiger partial charge in [0.25, 0.3) is 0 Å². The van der Waals surface area contributed by atoms with Gasteiger partial charge in [-0.2, -0.15) is 4.31 Å². The maximum atomic E-state index is 13.1. The molecule has 0 bridgehead atoms. The molecule has 3 aliphatic rings. The number of hydrogen-bond acceptors (Lipinski definition) is 4. The van der Waals surface area contributed by atoms with Crippen LogP contribution in [0.4, 0.5) is 5.69 Å². The first-order valence-corrected chi connectivity index (χ1v) is 11.3. The van der Waals surface area contributed by atoms with Gasteiger partial charge in [-0.25, -0.2) is 8.42 Å². The number of allylic oxidation sites excluding steroid dienone is 2. The molecular formula is C22H24N2O3S. The number of benzene rings is 2. The van der Waals surface area contributed by atoms with Crippen molar-refractivity contribution in [3.8, 4) is 0 Å². The molecule has 0 saturated carbocycles. The van der Waals surface area contributed by atoms with Gasteiger partial charge in [0.15, 0.2) is 0 Å². The number of morpholine rings is 1. The van der Waals surface area contributed by atoms with Gasteiger partial charge in [0.1, 0.15) is 0 Å². The minimum atomic E-state index is -3.49. The van der Waals surface area contributed by atoms with Gasteiger partial charge >= 0.3 is 0 Å². The van der Waals surface area contributed by atoms with Gasteiger partial charge in [-0.3, -0.25) is 0 Å². The summed E-state index contributed by atoms with van der Waals surface area (Å²) >= 11 is 0. The highest BCUT2D eigenvalue weighted by Gasteiger charge is 2.38. The van der Waals surface area contributed by atoms with E-state index in [2.05, 4.69) is 41.7 Å². The first kappa shape index (κ1) is 17.9. The first-order chi connectivity index (χ1) is 13.6. The summed E-state index contributed by atoms with van der Waals surface area (Å²) < 4.78 is 33.0. The fraction of sp³-hybridized carbons (Fsp3) is 0.364. The molecule has 0 radical (unpaired) electrons. The van der Waals surface area contributed by atoms with Crippen LogP contribution in [0.3, 0.4) is 0 Å². The van der Waals surface area contributed by atoms with E-state index in [1.165, 1.54) is 9.87 Å². The normalized spacial score (nSPS) is 27.1. The SMILES string of the molecule is O=S(=O)(c1ccc2c(c1)C1C=CCC1C(c1ccccc1)N2)N1CCOCC1. The van der Waals surface area contributed by atoms with E-state index in [0.29, 0.717) is 37.1 Å². The monoisotopic (exact) mass is 396 g/mol. The molecule has 6 heteroatoms. The Morgan fingerprint density at radius 1 is 1.04 bits per heavy atom. The Labute approximate surface area is 166 Å². The van der Waals surface area contributed by atoms with Gasteiger partial charge in [0.2, 0.25) is 10.0 Å². The molecule has 5 nitrogen and oxygen atoms in total. The van der Waals surface area contributed by atoms with Crippen LogP contribution in [-0.2, 0) is 14.8 Å². The molecule has 1 aliphatic carbocycles. The maximum absolute atomic E-state index is 13.1. The van der Waals surface area contributed by atoms with Crippen LogP contribution >= 0.6 is 0 Å². The first-order valence-electron chi connectivity index (χ1n) is 9.84. The van der Waals surface area contributed by atoms with Crippen molar-refractivity contribution in [1.29, 1.82) is 0 Å². The molecule has 5 rings (SSSR count). The van der Waals surface area contributed by atoms with Crippen LogP contribution in [0.5, 0.6) is 0 Å². The number of anilines is 1. The Morgan fingerprint density at radius 2 is 1.82 bits per heavy atom. The Morgan fingerprint density at radius 3 is 2.61 bits per heavy atom. The van der Waals surface area contributed by atoms with Crippen molar-refractivity contribution >= 4 is 15.7 Å². The summed E-state index contributed by atoms with van der Waals surface area (Å²) in [4.78, 5) is 0.382. The summed E-state index contributed by atoms with van der Waals surface area (Å²) in [6, 6.07) is 16.3. The predicted octanol–water partition coefficient (Wildman–Crippen LogP) is 3.53. The van der Waals surface area contributed by atoms with Crippen LogP contribution in [0.1, 0.15) is 29.5 Å². The van der Waals surface area contributed by atoms with Crippen LogP contribution in [0.15, 0.2) is 65.6 Å². The van der Waals surface area contributed by atoms with Gasteiger partial charge in [0, 0.05) is 24.7 Å². The molecule has 0 amide bonds. The van der Waals surface area contributed by atoms with Crippen molar-refractivity contribution in [1.82, 2.24) is 4.31 Å². The highest BCUT2D eigenvalue weighted by Crippen LogP contribution is 2.50. The fourth-order valence-electron chi connectivity index (χ4n) is 4.66. The van der Waals surface area contributed by atoms with E-state index in [1.807, 2.05) is 18.2 Å².